The molecule has 1 aromatic rings. The number of nitrogens with one attached hydrogen (secondary N) is 1. The van der Waals surface area contributed by atoms with Crippen LogP contribution in [0, 0.1) is 0 Å². The molecule has 0 unspecified atom stereocenters. The molecule has 1 saturated carbocycles. The lowest BCUT2D eigenvalue weighted by Crippen LogP contribution is -2.48. The summed E-state index contributed by atoms with van der Waals surface area (Å²) in [4.78, 5) is 3.77. The van der Waals surface area contributed by atoms with Crippen LogP contribution in [0.5, 0.6) is 0 Å². The van der Waals surface area contributed by atoms with Gasteiger partial charge in [0, 0.05) is 19.7 Å². The molecule has 1 heterocycles. The van der Waals surface area contributed by atoms with Crippen LogP contribution in [0.25, 0.3) is 0 Å². The minimum Gasteiger partial charge on any atom is -0.381 e. The van der Waals surface area contributed by atoms with Gasteiger partial charge in [0.15, 0.2) is 10.8 Å². The minimum absolute atomic E-state index is 0.0161. The Morgan fingerprint density at radius 1 is 1.61 bits per heavy atom. The van der Waals surface area contributed by atoms with Gasteiger partial charge in [-0.15, -0.1) is 0 Å². The van der Waals surface area contributed by atoms with E-state index < -0.39 is 10.0 Å². The molecular formula is C10H18N4O3S. The highest BCUT2D eigenvalue weighted by Gasteiger charge is 2.34. The van der Waals surface area contributed by atoms with Gasteiger partial charge in [0.2, 0.25) is 0 Å². The van der Waals surface area contributed by atoms with Gasteiger partial charge in [-0.3, -0.25) is 0 Å². The molecule has 0 amide bonds. The average Bonchev–Trinajstić information content (AvgIpc) is 2.56. The summed E-state index contributed by atoms with van der Waals surface area (Å²) in [7, 11) is -2.01. The Morgan fingerprint density at radius 2 is 2.28 bits per heavy atom. The van der Waals surface area contributed by atoms with Crippen LogP contribution in [0.15, 0.2) is 11.4 Å². The smallest absolute Gasteiger partial charge is 0.260 e. The number of nitrogen functional groups attached to an aromatic ring is 1. The normalized spacial score (nSPS) is 23.9. The van der Waals surface area contributed by atoms with E-state index >= 15 is 0 Å². The Bertz CT molecular complexity index is 500. The van der Waals surface area contributed by atoms with Gasteiger partial charge in [-0.2, -0.15) is 0 Å². The van der Waals surface area contributed by atoms with Crippen molar-refractivity contribution in [3.05, 3.63) is 6.33 Å². The van der Waals surface area contributed by atoms with Gasteiger partial charge in [-0.25, -0.2) is 18.1 Å². The maximum absolute atomic E-state index is 12.1. The number of aromatic nitrogens is 2. The summed E-state index contributed by atoms with van der Waals surface area (Å²) in [5.41, 5.74) is 5.56. The fourth-order valence-electron chi connectivity index (χ4n) is 2.07. The van der Waals surface area contributed by atoms with E-state index in [1.165, 1.54) is 10.9 Å². The van der Waals surface area contributed by atoms with Gasteiger partial charge in [-0.05, 0) is 19.8 Å². The molecule has 0 saturated heterocycles. The zero-order valence-electron chi connectivity index (χ0n) is 10.5. The molecule has 0 aliphatic heterocycles. The molecule has 0 bridgehead atoms. The monoisotopic (exact) mass is 274 g/mol. The Hall–Kier alpha value is -1.12. The first-order valence-corrected chi connectivity index (χ1v) is 7.33. The number of hydrogen-bond acceptors (Lipinski definition) is 5. The quantitative estimate of drug-likeness (QED) is 0.778. The number of sulfonamides is 1. The van der Waals surface area contributed by atoms with Crippen molar-refractivity contribution in [3.63, 3.8) is 0 Å². The summed E-state index contributed by atoms with van der Waals surface area (Å²) in [6, 6.07) is -0.0825. The van der Waals surface area contributed by atoms with Gasteiger partial charge in [0.05, 0.1) is 12.4 Å². The molecule has 0 atom stereocenters. The third-order valence-corrected chi connectivity index (χ3v) is 4.63. The first-order chi connectivity index (χ1) is 8.44. The molecule has 2 rings (SSSR count). The van der Waals surface area contributed by atoms with Crippen LogP contribution in [0.2, 0.25) is 0 Å². The molecule has 0 radical (unpaired) electrons. The third kappa shape index (κ3) is 2.50. The van der Waals surface area contributed by atoms with Crippen LogP contribution in [-0.2, 0) is 21.8 Å². The standard InChI is InChI=1S/C10H18N4O3S/c1-3-17-8-4-7(5-8)13-18(15,16)10-9(11)12-6-14(10)2/h6-8,13H,3-5,11H2,1-2H3. The number of hydrogen-bond donors (Lipinski definition) is 2. The first kappa shape index (κ1) is 13.3. The molecule has 18 heavy (non-hydrogen) atoms. The first-order valence-electron chi connectivity index (χ1n) is 5.84. The van der Waals surface area contributed by atoms with Crippen LogP contribution in [-0.4, -0.2) is 36.7 Å². The number of nitrogens with zero attached hydrogens (tertiary/aromatic N) is 2. The molecule has 102 valence electrons. The van der Waals surface area contributed by atoms with Crippen molar-refractivity contribution in [3.8, 4) is 0 Å². The average molecular weight is 274 g/mol. The van der Waals surface area contributed by atoms with Crippen LogP contribution >= 0.6 is 0 Å². The Balaban J connectivity index is 2.02. The SMILES string of the molecule is CCOC1CC(NS(=O)(=O)c2c(N)ncn2C)C1. The topological polar surface area (TPSA) is 99.2 Å². The maximum Gasteiger partial charge on any atom is 0.260 e. The molecule has 0 spiro atoms. The lowest BCUT2D eigenvalue weighted by atomic mass is 9.90. The van der Waals surface area contributed by atoms with Crippen molar-refractivity contribution < 1.29 is 13.2 Å². The van der Waals surface area contributed by atoms with Crippen LogP contribution in [0.4, 0.5) is 5.82 Å². The van der Waals surface area contributed by atoms with Crippen molar-refractivity contribution in [2.24, 2.45) is 7.05 Å². The van der Waals surface area contributed by atoms with Crippen molar-refractivity contribution in [1.82, 2.24) is 14.3 Å². The molecule has 1 aromatic heterocycles. The largest absolute Gasteiger partial charge is 0.381 e. The zero-order valence-corrected chi connectivity index (χ0v) is 11.3. The van der Waals surface area contributed by atoms with E-state index in [1.807, 2.05) is 6.92 Å². The van der Waals surface area contributed by atoms with Crippen molar-refractivity contribution >= 4 is 15.8 Å². The second kappa shape index (κ2) is 4.87. The van der Waals surface area contributed by atoms with E-state index in [9.17, 15) is 8.42 Å². The molecule has 8 heteroatoms. The summed E-state index contributed by atoms with van der Waals surface area (Å²) in [6.45, 7) is 2.58. The van der Waals surface area contributed by atoms with Crippen molar-refractivity contribution in [1.29, 1.82) is 0 Å². The fraction of sp³-hybridized carbons (Fsp3) is 0.700. The molecule has 0 aromatic carbocycles. The highest BCUT2D eigenvalue weighted by Crippen LogP contribution is 2.25. The lowest BCUT2D eigenvalue weighted by molar-refractivity contribution is -0.00477. The van der Waals surface area contributed by atoms with Gasteiger partial charge in [0.25, 0.3) is 10.0 Å². The molecule has 7 nitrogen and oxygen atoms in total. The Morgan fingerprint density at radius 3 is 2.78 bits per heavy atom. The van der Waals surface area contributed by atoms with E-state index in [-0.39, 0.29) is 23.0 Å². The molecule has 3 N–H and O–H groups in total. The number of ether oxygens (including phenoxy) is 1. The number of rotatable bonds is 5. The molecule has 1 aliphatic carbocycles. The molecule has 1 fully saturated rings. The number of aryl methyl sites for hydroxylation is 1. The predicted molar refractivity (Wildman–Crippen MR) is 66.4 cm³/mol. The Labute approximate surface area is 106 Å². The van der Waals surface area contributed by atoms with E-state index in [0.29, 0.717) is 19.4 Å². The number of anilines is 1. The van der Waals surface area contributed by atoms with Crippen LogP contribution in [0.3, 0.4) is 0 Å². The second-order valence-corrected chi connectivity index (χ2v) is 6.04. The summed E-state index contributed by atoms with van der Waals surface area (Å²) < 4.78 is 33.6. The lowest BCUT2D eigenvalue weighted by Gasteiger charge is -2.34. The van der Waals surface area contributed by atoms with Crippen molar-refractivity contribution in [2.75, 3.05) is 12.3 Å². The summed E-state index contributed by atoms with van der Waals surface area (Å²) in [5, 5.41) is 0.0161. The maximum atomic E-state index is 12.1. The molecule has 1 aliphatic rings. The predicted octanol–water partition coefficient (Wildman–Crippen LogP) is -0.152. The van der Waals surface area contributed by atoms with Gasteiger partial charge in [0.1, 0.15) is 0 Å². The summed E-state index contributed by atoms with van der Waals surface area (Å²) in [6.07, 6.45) is 2.94. The van der Waals surface area contributed by atoms with E-state index in [1.54, 1.807) is 7.05 Å². The van der Waals surface area contributed by atoms with E-state index in [0.717, 1.165) is 0 Å². The fourth-order valence-corrected chi connectivity index (χ4v) is 3.57. The highest BCUT2D eigenvalue weighted by molar-refractivity contribution is 7.89. The van der Waals surface area contributed by atoms with Gasteiger partial charge < -0.3 is 15.0 Å². The second-order valence-electron chi connectivity index (χ2n) is 4.41. The van der Waals surface area contributed by atoms with E-state index in [4.69, 9.17) is 10.5 Å². The highest BCUT2D eigenvalue weighted by atomic mass is 32.2. The zero-order chi connectivity index (χ0) is 13.3. The minimum atomic E-state index is -3.61. The van der Waals surface area contributed by atoms with E-state index in [2.05, 4.69) is 9.71 Å². The number of nitrogens with two attached hydrogens (primary N) is 1. The molecular weight excluding hydrogens is 256 g/mol. The third-order valence-electron chi connectivity index (χ3n) is 2.98. The van der Waals surface area contributed by atoms with Gasteiger partial charge >= 0.3 is 0 Å². The summed E-state index contributed by atoms with van der Waals surface area (Å²) >= 11 is 0. The summed E-state index contributed by atoms with van der Waals surface area (Å²) in [5.74, 6) is 0.0191. The van der Waals surface area contributed by atoms with Crippen molar-refractivity contribution in [2.45, 2.75) is 36.9 Å². The Kier molecular flexibility index (Phi) is 3.60. The van der Waals surface area contributed by atoms with Crippen LogP contribution < -0.4 is 10.5 Å². The van der Waals surface area contributed by atoms with Gasteiger partial charge in [-0.1, -0.05) is 0 Å². The number of imidazole rings is 1. The van der Waals surface area contributed by atoms with Crippen LogP contribution in [0.1, 0.15) is 19.8 Å².